The largest absolute Gasteiger partial charge is 0.465 e. The summed E-state index contributed by atoms with van der Waals surface area (Å²) in [7, 11) is 2.88. The van der Waals surface area contributed by atoms with Gasteiger partial charge in [-0.3, -0.25) is 10.1 Å². The fraction of sp³-hybridized carbons (Fsp3) is 0.190. The van der Waals surface area contributed by atoms with Crippen LogP contribution in [0.25, 0.3) is 0 Å². The quantitative estimate of drug-likeness (QED) is 0.352. The molecule has 3 aromatic rings. The number of aromatic nitrogens is 2. The minimum absolute atomic E-state index is 0.0443. The summed E-state index contributed by atoms with van der Waals surface area (Å²) in [5.41, 5.74) is 2.11. The molecule has 0 aliphatic carbocycles. The van der Waals surface area contributed by atoms with Crippen LogP contribution in [-0.4, -0.2) is 35.0 Å². The molecule has 0 fully saturated rings. The van der Waals surface area contributed by atoms with Crippen molar-refractivity contribution < 1.29 is 14.5 Å². The van der Waals surface area contributed by atoms with E-state index in [2.05, 4.69) is 15.3 Å². The molecule has 9 heteroatoms. The zero-order chi connectivity index (χ0) is 21.7. The highest BCUT2D eigenvalue weighted by atomic mass is 16.6. The monoisotopic (exact) mass is 407 g/mol. The molecule has 0 spiro atoms. The van der Waals surface area contributed by atoms with Gasteiger partial charge >= 0.3 is 11.7 Å². The highest BCUT2D eigenvalue weighted by Crippen LogP contribution is 2.37. The summed E-state index contributed by atoms with van der Waals surface area (Å²) in [6.45, 7) is 2.00. The second kappa shape index (κ2) is 8.99. The number of ether oxygens (including phenoxy) is 1. The summed E-state index contributed by atoms with van der Waals surface area (Å²) in [5, 5.41) is 15.0. The number of rotatable bonds is 7. The molecule has 0 saturated heterocycles. The number of carbonyl (C=O) groups excluding carboxylic acids is 1. The van der Waals surface area contributed by atoms with Crippen LogP contribution in [0.2, 0.25) is 0 Å². The molecule has 2 aromatic carbocycles. The molecule has 0 bridgehead atoms. The molecule has 0 saturated carbocycles. The van der Waals surface area contributed by atoms with Gasteiger partial charge in [-0.2, -0.15) is 0 Å². The Morgan fingerprint density at radius 3 is 2.57 bits per heavy atom. The molecule has 0 atom stereocenters. The SMILES string of the molecule is CCc1ccccc1Nc1ncnc(N(C)c2ccccc2C(=O)OC)c1[N+](=O)[O-]. The van der Waals surface area contributed by atoms with E-state index in [1.807, 2.05) is 31.2 Å². The molecule has 0 aliphatic heterocycles. The van der Waals surface area contributed by atoms with Crippen molar-refractivity contribution >= 4 is 34.7 Å². The van der Waals surface area contributed by atoms with E-state index in [0.29, 0.717) is 5.69 Å². The van der Waals surface area contributed by atoms with Crippen LogP contribution in [0.4, 0.5) is 28.7 Å². The lowest BCUT2D eigenvalue weighted by Gasteiger charge is -2.21. The lowest BCUT2D eigenvalue weighted by molar-refractivity contribution is -0.383. The number of nitrogens with zero attached hydrogens (tertiary/aromatic N) is 4. The Morgan fingerprint density at radius 2 is 1.87 bits per heavy atom. The van der Waals surface area contributed by atoms with Crippen molar-refractivity contribution in [3.8, 4) is 0 Å². The van der Waals surface area contributed by atoms with Crippen molar-refractivity contribution in [1.29, 1.82) is 0 Å². The van der Waals surface area contributed by atoms with E-state index in [1.54, 1.807) is 31.3 Å². The van der Waals surface area contributed by atoms with Crippen molar-refractivity contribution in [2.24, 2.45) is 0 Å². The minimum atomic E-state index is -0.551. The van der Waals surface area contributed by atoms with Crippen LogP contribution in [0.15, 0.2) is 54.9 Å². The van der Waals surface area contributed by atoms with Crippen LogP contribution >= 0.6 is 0 Å². The fourth-order valence-corrected chi connectivity index (χ4v) is 3.12. The van der Waals surface area contributed by atoms with Gasteiger partial charge in [-0.05, 0) is 30.2 Å². The normalized spacial score (nSPS) is 10.4. The predicted molar refractivity (Wildman–Crippen MR) is 114 cm³/mol. The summed E-state index contributed by atoms with van der Waals surface area (Å²) in [5.74, 6) is -0.444. The first-order valence-electron chi connectivity index (χ1n) is 9.23. The first-order chi connectivity index (χ1) is 14.5. The molecule has 0 unspecified atom stereocenters. The van der Waals surface area contributed by atoms with Crippen molar-refractivity contribution in [1.82, 2.24) is 9.97 Å². The van der Waals surface area contributed by atoms with Gasteiger partial charge in [0, 0.05) is 12.7 Å². The number of hydrogen-bond acceptors (Lipinski definition) is 8. The third-order valence-corrected chi connectivity index (χ3v) is 4.63. The van der Waals surface area contributed by atoms with Gasteiger partial charge in [0.1, 0.15) is 6.33 Å². The number of anilines is 4. The zero-order valence-corrected chi connectivity index (χ0v) is 16.8. The van der Waals surface area contributed by atoms with E-state index in [9.17, 15) is 14.9 Å². The standard InChI is InChI=1S/C21H21N5O4/c1-4-14-9-5-7-11-16(14)24-19-18(26(28)29)20(23-13-22-19)25(2)17-12-8-6-10-15(17)21(27)30-3/h5-13H,4H2,1-3H3,(H,22,23,24). The van der Waals surface area contributed by atoms with Gasteiger partial charge in [0.2, 0.25) is 11.6 Å². The molecule has 0 amide bonds. The van der Waals surface area contributed by atoms with Gasteiger partial charge in [-0.25, -0.2) is 14.8 Å². The summed E-state index contributed by atoms with van der Waals surface area (Å²) in [6.07, 6.45) is 2.00. The summed E-state index contributed by atoms with van der Waals surface area (Å²) in [6, 6.07) is 14.2. The maximum Gasteiger partial charge on any atom is 0.354 e. The number of esters is 1. The molecular formula is C21H21N5O4. The smallest absolute Gasteiger partial charge is 0.354 e. The van der Waals surface area contributed by atoms with Crippen molar-refractivity contribution in [2.45, 2.75) is 13.3 Å². The van der Waals surface area contributed by atoms with E-state index >= 15 is 0 Å². The minimum Gasteiger partial charge on any atom is -0.465 e. The fourth-order valence-electron chi connectivity index (χ4n) is 3.12. The van der Waals surface area contributed by atoms with Gasteiger partial charge in [0.25, 0.3) is 0 Å². The van der Waals surface area contributed by atoms with Crippen LogP contribution in [0.5, 0.6) is 0 Å². The Labute approximate surface area is 173 Å². The lowest BCUT2D eigenvalue weighted by atomic mass is 10.1. The Balaban J connectivity index is 2.10. The first-order valence-corrected chi connectivity index (χ1v) is 9.23. The number of nitro groups is 1. The molecule has 1 N–H and O–H groups in total. The first kappa shape index (κ1) is 20.7. The zero-order valence-electron chi connectivity index (χ0n) is 16.8. The molecule has 9 nitrogen and oxygen atoms in total. The Bertz CT molecular complexity index is 1090. The maximum atomic E-state index is 12.1. The second-order valence-corrected chi connectivity index (χ2v) is 6.36. The second-order valence-electron chi connectivity index (χ2n) is 6.36. The third-order valence-electron chi connectivity index (χ3n) is 4.63. The Morgan fingerprint density at radius 1 is 1.17 bits per heavy atom. The molecule has 3 rings (SSSR count). The van der Waals surface area contributed by atoms with Gasteiger partial charge in [-0.1, -0.05) is 37.3 Å². The van der Waals surface area contributed by atoms with Crippen LogP contribution in [0, 0.1) is 10.1 Å². The number of carbonyl (C=O) groups is 1. The molecule has 154 valence electrons. The van der Waals surface area contributed by atoms with Crippen molar-refractivity contribution in [2.75, 3.05) is 24.4 Å². The molecular weight excluding hydrogens is 386 g/mol. The van der Waals surface area contributed by atoms with E-state index in [4.69, 9.17) is 4.74 Å². The van der Waals surface area contributed by atoms with Gasteiger partial charge in [-0.15, -0.1) is 0 Å². The van der Waals surface area contributed by atoms with Gasteiger partial charge < -0.3 is 15.0 Å². The van der Waals surface area contributed by atoms with E-state index in [-0.39, 0.29) is 22.9 Å². The van der Waals surface area contributed by atoms with Crippen molar-refractivity contribution in [3.05, 3.63) is 76.1 Å². The highest BCUT2D eigenvalue weighted by molar-refractivity contribution is 5.97. The molecule has 1 aromatic heterocycles. The molecule has 1 heterocycles. The number of hydrogen-bond donors (Lipinski definition) is 1. The van der Waals surface area contributed by atoms with Crippen LogP contribution in [0.1, 0.15) is 22.8 Å². The average molecular weight is 407 g/mol. The van der Waals surface area contributed by atoms with E-state index < -0.39 is 10.9 Å². The molecule has 30 heavy (non-hydrogen) atoms. The van der Waals surface area contributed by atoms with Crippen LogP contribution < -0.4 is 10.2 Å². The molecule has 0 radical (unpaired) electrons. The summed E-state index contributed by atoms with van der Waals surface area (Å²) >= 11 is 0. The van der Waals surface area contributed by atoms with Crippen LogP contribution in [-0.2, 0) is 11.2 Å². The Kier molecular flexibility index (Phi) is 6.21. The van der Waals surface area contributed by atoms with E-state index in [1.165, 1.54) is 18.3 Å². The third kappa shape index (κ3) is 4.04. The average Bonchev–Trinajstić information content (AvgIpc) is 2.78. The lowest BCUT2D eigenvalue weighted by Crippen LogP contribution is -2.18. The number of aryl methyl sites for hydroxylation is 1. The van der Waals surface area contributed by atoms with Crippen LogP contribution in [0.3, 0.4) is 0 Å². The van der Waals surface area contributed by atoms with Gasteiger partial charge in [0.05, 0.1) is 23.3 Å². The number of para-hydroxylation sites is 2. The number of nitrogens with one attached hydrogen (secondary N) is 1. The number of benzene rings is 2. The predicted octanol–water partition coefficient (Wildman–Crippen LogP) is 4.25. The van der Waals surface area contributed by atoms with Crippen molar-refractivity contribution in [3.63, 3.8) is 0 Å². The van der Waals surface area contributed by atoms with Gasteiger partial charge in [0.15, 0.2) is 0 Å². The summed E-state index contributed by atoms with van der Waals surface area (Å²) in [4.78, 5) is 33.3. The topological polar surface area (TPSA) is 110 Å². The number of methoxy groups -OCH3 is 1. The molecule has 0 aliphatic rings. The maximum absolute atomic E-state index is 12.1. The van der Waals surface area contributed by atoms with E-state index in [0.717, 1.165) is 17.7 Å². The highest BCUT2D eigenvalue weighted by Gasteiger charge is 2.28. The Hall–Kier alpha value is -4.01. The summed E-state index contributed by atoms with van der Waals surface area (Å²) < 4.78 is 4.82.